The molecule has 0 nitrogen and oxygen atoms in total. The molecular formula is C7H12Br2. The first-order valence-electron chi connectivity index (χ1n) is 2.87. The Labute approximate surface area is 74.0 Å². The lowest BCUT2D eigenvalue weighted by Gasteiger charge is -2.20. The van der Waals surface area contributed by atoms with E-state index in [1.165, 1.54) is 0 Å². The summed E-state index contributed by atoms with van der Waals surface area (Å²) in [5.41, 5.74) is 0.334. The predicted octanol–water partition coefficient (Wildman–Crippen LogP) is 3.71. The molecule has 0 N–H and O–H groups in total. The molecular weight excluding hydrogens is 244 g/mol. The maximum atomic E-state index is 3.78. The van der Waals surface area contributed by atoms with Crippen molar-refractivity contribution in [3.63, 3.8) is 0 Å². The number of allylic oxidation sites excluding steroid dienone is 1. The third kappa shape index (κ3) is 5.16. The fraction of sp³-hybridized carbons (Fsp3) is 0.714. The van der Waals surface area contributed by atoms with E-state index in [1.807, 2.05) is 0 Å². The van der Waals surface area contributed by atoms with Crippen LogP contribution in [-0.4, -0.2) is 5.33 Å². The first kappa shape index (κ1) is 9.70. The first-order chi connectivity index (χ1) is 3.98. The fourth-order valence-electron chi connectivity index (χ4n) is 0.567. The van der Waals surface area contributed by atoms with Crippen LogP contribution in [0.4, 0.5) is 0 Å². The van der Waals surface area contributed by atoms with Gasteiger partial charge in [0.2, 0.25) is 0 Å². The van der Waals surface area contributed by atoms with Crippen molar-refractivity contribution in [3.8, 4) is 0 Å². The normalized spacial score (nSPS) is 11.6. The number of rotatable bonds is 3. The molecule has 0 amide bonds. The smallest absolute Gasteiger partial charge is 0.00860 e. The zero-order chi connectivity index (χ0) is 7.49. The van der Waals surface area contributed by atoms with Gasteiger partial charge in [-0.2, -0.15) is 0 Å². The zero-order valence-electron chi connectivity index (χ0n) is 5.88. The maximum absolute atomic E-state index is 3.78. The van der Waals surface area contributed by atoms with Gasteiger partial charge >= 0.3 is 0 Å². The van der Waals surface area contributed by atoms with Gasteiger partial charge in [0.05, 0.1) is 0 Å². The summed E-state index contributed by atoms with van der Waals surface area (Å²) in [6, 6.07) is 0. The summed E-state index contributed by atoms with van der Waals surface area (Å²) in [4.78, 5) is 0. The molecule has 54 valence electrons. The summed E-state index contributed by atoms with van der Waals surface area (Å²) in [5, 5.41) is 1.02. The SMILES string of the molecule is C=C(Br)CC(C)(C)CBr. The summed E-state index contributed by atoms with van der Waals surface area (Å²) < 4.78 is 1.08. The van der Waals surface area contributed by atoms with E-state index in [4.69, 9.17) is 0 Å². The molecule has 0 fully saturated rings. The third-order valence-electron chi connectivity index (χ3n) is 1.03. The Balaban J connectivity index is 3.71. The lowest BCUT2D eigenvalue weighted by Crippen LogP contribution is -2.11. The van der Waals surface area contributed by atoms with Crippen LogP contribution in [0.1, 0.15) is 20.3 Å². The monoisotopic (exact) mass is 254 g/mol. The van der Waals surface area contributed by atoms with Crippen LogP contribution in [0.2, 0.25) is 0 Å². The Morgan fingerprint density at radius 3 is 2.11 bits per heavy atom. The van der Waals surface area contributed by atoms with E-state index in [1.54, 1.807) is 0 Å². The molecule has 0 saturated heterocycles. The van der Waals surface area contributed by atoms with Gasteiger partial charge in [-0.15, -0.1) is 0 Å². The van der Waals surface area contributed by atoms with Crippen molar-refractivity contribution < 1.29 is 0 Å². The minimum absolute atomic E-state index is 0.334. The quantitative estimate of drug-likeness (QED) is 0.675. The second-order valence-corrected chi connectivity index (χ2v) is 4.67. The number of hydrogen-bond acceptors (Lipinski definition) is 0. The molecule has 0 aromatic carbocycles. The van der Waals surface area contributed by atoms with E-state index < -0.39 is 0 Å². The Morgan fingerprint density at radius 1 is 1.56 bits per heavy atom. The molecule has 0 aromatic heterocycles. The summed E-state index contributed by atoms with van der Waals surface area (Å²) in [7, 11) is 0. The molecule has 0 spiro atoms. The van der Waals surface area contributed by atoms with Crippen LogP contribution in [0.25, 0.3) is 0 Å². The minimum Gasteiger partial charge on any atom is -0.0922 e. The molecule has 0 bridgehead atoms. The highest BCUT2D eigenvalue weighted by molar-refractivity contribution is 9.11. The Morgan fingerprint density at radius 2 is 2.00 bits per heavy atom. The van der Waals surface area contributed by atoms with Crippen LogP contribution in [0, 0.1) is 5.41 Å². The van der Waals surface area contributed by atoms with Gasteiger partial charge in [-0.3, -0.25) is 0 Å². The number of alkyl halides is 1. The highest BCUT2D eigenvalue weighted by Gasteiger charge is 2.15. The van der Waals surface area contributed by atoms with Crippen molar-refractivity contribution in [2.24, 2.45) is 5.41 Å². The number of hydrogen-bond donors (Lipinski definition) is 0. The molecule has 0 aliphatic heterocycles. The summed E-state index contributed by atoms with van der Waals surface area (Å²) in [6.07, 6.45) is 1.03. The van der Waals surface area contributed by atoms with Crippen molar-refractivity contribution in [3.05, 3.63) is 11.1 Å². The van der Waals surface area contributed by atoms with Gasteiger partial charge in [-0.25, -0.2) is 0 Å². The largest absolute Gasteiger partial charge is 0.0922 e. The first-order valence-corrected chi connectivity index (χ1v) is 4.78. The highest BCUT2D eigenvalue weighted by Crippen LogP contribution is 2.28. The van der Waals surface area contributed by atoms with Crippen molar-refractivity contribution in [1.29, 1.82) is 0 Å². The van der Waals surface area contributed by atoms with Gasteiger partial charge in [0.25, 0.3) is 0 Å². The predicted molar refractivity (Wildman–Crippen MR) is 50.3 cm³/mol. The van der Waals surface area contributed by atoms with Crippen LogP contribution in [0.5, 0.6) is 0 Å². The molecule has 0 atom stereocenters. The standard InChI is InChI=1S/C7H12Br2/c1-6(9)4-7(2,3)5-8/h1,4-5H2,2-3H3. The summed E-state index contributed by atoms with van der Waals surface area (Å²) in [5.74, 6) is 0. The van der Waals surface area contributed by atoms with Crippen LogP contribution < -0.4 is 0 Å². The van der Waals surface area contributed by atoms with Crippen molar-refractivity contribution >= 4 is 31.9 Å². The molecule has 0 aliphatic carbocycles. The third-order valence-corrected chi connectivity index (χ3v) is 2.83. The van der Waals surface area contributed by atoms with E-state index in [0.29, 0.717) is 5.41 Å². The molecule has 0 saturated carbocycles. The molecule has 0 unspecified atom stereocenters. The second-order valence-electron chi connectivity index (χ2n) is 2.99. The maximum Gasteiger partial charge on any atom is 0.00860 e. The molecule has 9 heavy (non-hydrogen) atoms. The van der Waals surface area contributed by atoms with E-state index in [0.717, 1.165) is 16.2 Å². The minimum atomic E-state index is 0.334. The van der Waals surface area contributed by atoms with Crippen LogP contribution in [0.15, 0.2) is 11.1 Å². The van der Waals surface area contributed by atoms with Gasteiger partial charge in [0, 0.05) is 5.33 Å². The molecule has 0 radical (unpaired) electrons. The summed E-state index contributed by atoms with van der Waals surface area (Å²) >= 11 is 6.77. The van der Waals surface area contributed by atoms with E-state index >= 15 is 0 Å². The van der Waals surface area contributed by atoms with Gasteiger partial charge in [0.1, 0.15) is 0 Å². The molecule has 2 heteroatoms. The topological polar surface area (TPSA) is 0 Å². The van der Waals surface area contributed by atoms with E-state index in [2.05, 4.69) is 52.3 Å². The molecule has 0 aromatic rings. The lowest BCUT2D eigenvalue weighted by atomic mass is 9.92. The molecule has 0 aliphatic rings. The van der Waals surface area contributed by atoms with Gasteiger partial charge < -0.3 is 0 Å². The zero-order valence-corrected chi connectivity index (χ0v) is 9.05. The van der Waals surface area contributed by atoms with Crippen LogP contribution >= 0.6 is 31.9 Å². The van der Waals surface area contributed by atoms with E-state index in [-0.39, 0.29) is 0 Å². The Bertz CT molecular complexity index is 105. The van der Waals surface area contributed by atoms with Crippen molar-refractivity contribution in [2.45, 2.75) is 20.3 Å². The average molecular weight is 256 g/mol. The van der Waals surface area contributed by atoms with Crippen LogP contribution in [0.3, 0.4) is 0 Å². The number of halogens is 2. The van der Waals surface area contributed by atoms with Crippen LogP contribution in [-0.2, 0) is 0 Å². The Hall–Kier alpha value is 0.700. The molecule has 0 heterocycles. The Kier molecular flexibility index (Phi) is 4.06. The van der Waals surface area contributed by atoms with Crippen molar-refractivity contribution in [2.75, 3.05) is 5.33 Å². The summed E-state index contributed by atoms with van der Waals surface area (Å²) in [6.45, 7) is 8.19. The second kappa shape index (κ2) is 3.77. The van der Waals surface area contributed by atoms with Crippen molar-refractivity contribution in [1.82, 2.24) is 0 Å². The highest BCUT2D eigenvalue weighted by atomic mass is 79.9. The lowest BCUT2D eigenvalue weighted by molar-refractivity contribution is 0.432. The van der Waals surface area contributed by atoms with Gasteiger partial charge in [-0.1, -0.05) is 52.3 Å². The fourth-order valence-corrected chi connectivity index (χ4v) is 1.52. The van der Waals surface area contributed by atoms with Gasteiger partial charge in [0.15, 0.2) is 0 Å². The average Bonchev–Trinajstić information content (AvgIpc) is 1.63. The molecule has 0 rings (SSSR count). The van der Waals surface area contributed by atoms with E-state index in [9.17, 15) is 0 Å². The van der Waals surface area contributed by atoms with Gasteiger partial charge in [-0.05, 0) is 16.3 Å².